The van der Waals surface area contributed by atoms with Crippen LogP contribution >= 0.6 is 11.5 Å². The average Bonchev–Trinajstić information content (AvgIpc) is 2.73. The zero-order chi connectivity index (χ0) is 11.8. The lowest BCUT2D eigenvalue weighted by atomic mass is 10.1. The Balaban J connectivity index is 2.73. The second kappa shape index (κ2) is 7.52. The van der Waals surface area contributed by atoms with E-state index in [1.807, 2.05) is 6.08 Å². The Morgan fingerprint density at radius 2 is 2.31 bits per heavy atom. The largest absolute Gasteiger partial charge is 0.309 e. The van der Waals surface area contributed by atoms with Crippen LogP contribution in [0.4, 0.5) is 0 Å². The van der Waals surface area contributed by atoms with Crippen LogP contribution in [-0.2, 0) is 6.42 Å². The van der Waals surface area contributed by atoms with Crippen molar-refractivity contribution >= 4 is 11.5 Å². The van der Waals surface area contributed by atoms with E-state index in [9.17, 15) is 0 Å². The summed E-state index contributed by atoms with van der Waals surface area (Å²) in [4.78, 5) is 1.31. The van der Waals surface area contributed by atoms with Gasteiger partial charge in [0.1, 0.15) is 0 Å². The van der Waals surface area contributed by atoms with Crippen molar-refractivity contribution in [2.75, 3.05) is 6.54 Å². The standard InChI is InChI=1S/C12H21N3S/c1-4-7-9-10(13-6-3)12-11(8-5-2)14-15-16-12/h4,10,13H,1,5-9H2,2-3H3. The first-order valence-electron chi connectivity index (χ1n) is 5.98. The summed E-state index contributed by atoms with van der Waals surface area (Å²) in [6, 6.07) is 0.393. The summed E-state index contributed by atoms with van der Waals surface area (Å²) in [6.07, 6.45) is 6.23. The normalized spacial score (nSPS) is 12.6. The van der Waals surface area contributed by atoms with Crippen molar-refractivity contribution in [3.05, 3.63) is 23.2 Å². The number of nitrogens with zero attached hydrogens (tertiary/aromatic N) is 2. The van der Waals surface area contributed by atoms with Crippen LogP contribution < -0.4 is 5.32 Å². The number of nitrogens with one attached hydrogen (secondary N) is 1. The van der Waals surface area contributed by atoms with Crippen molar-refractivity contribution < 1.29 is 0 Å². The van der Waals surface area contributed by atoms with Gasteiger partial charge in [-0.25, -0.2) is 0 Å². The van der Waals surface area contributed by atoms with Crippen molar-refractivity contribution in [1.29, 1.82) is 0 Å². The highest BCUT2D eigenvalue weighted by atomic mass is 32.1. The molecule has 16 heavy (non-hydrogen) atoms. The van der Waals surface area contributed by atoms with Gasteiger partial charge in [-0.2, -0.15) is 0 Å². The Morgan fingerprint density at radius 3 is 2.94 bits per heavy atom. The number of hydrogen-bond acceptors (Lipinski definition) is 4. The molecule has 0 aliphatic rings. The maximum absolute atomic E-state index is 4.22. The molecular weight excluding hydrogens is 218 g/mol. The van der Waals surface area contributed by atoms with Crippen molar-refractivity contribution in [2.24, 2.45) is 0 Å². The van der Waals surface area contributed by atoms with Crippen molar-refractivity contribution in [2.45, 2.75) is 45.6 Å². The van der Waals surface area contributed by atoms with Gasteiger partial charge in [-0.05, 0) is 37.3 Å². The van der Waals surface area contributed by atoms with E-state index in [0.29, 0.717) is 6.04 Å². The Labute approximate surface area is 102 Å². The van der Waals surface area contributed by atoms with Crippen LogP contribution in [0.15, 0.2) is 12.7 Å². The van der Waals surface area contributed by atoms with Gasteiger partial charge in [-0.1, -0.05) is 30.8 Å². The molecule has 0 radical (unpaired) electrons. The van der Waals surface area contributed by atoms with Gasteiger partial charge in [-0.3, -0.25) is 0 Å². The van der Waals surface area contributed by atoms with E-state index in [0.717, 1.165) is 32.2 Å². The maximum Gasteiger partial charge on any atom is 0.0803 e. The molecule has 4 heteroatoms. The summed E-state index contributed by atoms with van der Waals surface area (Å²) in [5.41, 5.74) is 1.17. The summed E-state index contributed by atoms with van der Waals surface area (Å²) in [5.74, 6) is 0. The molecule has 1 aromatic heterocycles. The minimum absolute atomic E-state index is 0.393. The van der Waals surface area contributed by atoms with E-state index in [1.165, 1.54) is 22.1 Å². The molecule has 1 aromatic rings. The first-order chi connectivity index (χ1) is 7.83. The van der Waals surface area contributed by atoms with E-state index in [1.54, 1.807) is 0 Å². The topological polar surface area (TPSA) is 37.8 Å². The van der Waals surface area contributed by atoms with Gasteiger partial charge < -0.3 is 5.32 Å². The van der Waals surface area contributed by atoms with Gasteiger partial charge in [0.25, 0.3) is 0 Å². The number of hydrogen-bond donors (Lipinski definition) is 1. The fourth-order valence-electron chi connectivity index (χ4n) is 1.75. The van der Waals surface area contributed by atoms with Gasteiger partial charge in [0.05, 0.1) is 10.6 Å². The second-order valence-corrected chi connectivity index (χ2v) is 4.60. The molecule has 0 aromatic carbocycles. The quantitative estimate of drug-likeness (QED) is 0.708. The van der Waals surface area contributed by atoms with E-state index in [-0.39, 0.29) is 0 Å². The third-order valence-corrected chi connectivity index (χ3v) is 3.38. The van der Waals surface area contributed by atoms with Crippen molar-refractivity contribution in [3.8, 4) is 0 Å². The predicted molar refractivity (Wildman–Crippen MR) is 69.8 cm³/mol. The maximum atomic E-state index is 4.22. The molecule has 0 saturated carbocycles. The van der Waals surface area contributed by atoms with E-state index >= 15 is 0 Å². The van der Waals surface area contributed by atoms with Gasteiger partial charge in [-0.15, -0.1) is 11.7 Å². The van der Waals surface area contributed by atoms with Gasteiger partial charge in [0.2, 0.25) is 0 Å². The molecule has 0 aliphatic carbocycles. The summed E-state index contributed by atoms with van der Waals surface area (Å²) >= 11 is 1.53. The highest BCUT2D eigenvalue weighted by Gasteiger charge is 2.17. The summed E-state index contributed by atoms with van der Waals surface area (Å²) in [7, 11) is 0. The van der Waals surface area contributed by atoms with E-state index in [2.05, 4.69) is 35.3 Å². The van der Waals surface area contributed by atoms with Gasteiger partial charge in [0.15, 0.2) is 0 Å². The van der Waals surface area contributed by atoms with Crippen molar-refractivity contribution in [1.82, 2.24) is 14.9 Å². The number of rotatable bonds is 8. The molecule has 0 saturated heterocycles. The Bertz CT molecular complexity index is 309. The molecule has 0 amide bonds. The van der Waals surface area contributed by atoms with Gasteiger partial charge in [0, 0.05) is 6.04 Å². The van der Waals surface area contributed by atoms with Crippen LogP contribution in [0.25, 0.3) is 0 Å². The van der Waals surface area contributed by atoms with Crippen LogP contribution in [0, 0.1) is 0 Å². The SMILES string of the molecule is C=CCCC(NCC)c1snnc1CCC. The third kappa shape index (κ3) is 3.68. The van der Waals surface area contributed by atoms with Crippen LogP contribution in [0.1, 0.15) is 49.7 Å². The average molecular weight is 239 g/mol. The van der Waals surface area contributed by atoms with Crippen LogP contribution in [-0.4, -0.2) is 16.1 Å². The number of aryl methyl sites for hydroxylation is 1. The highest BCUT2D eigenvalue weighted by molar-refractivity contribution is 7.05. The predicted octanol–water partition coefficient (Wildman–Crippen LogP) is 3.11. The summed E-state index contributed by atoms with van der Waals surface area (Å²) < 4.78 is 4.08. The fourth-order valence-corrected chi connectivity index (χ4v) is 2.55. The summed E-state index contributed by atoms with van der Waals surface area (Å²) in [5, 5.41) is 7.72. The van der Waals surface area contributed by atoms with E-state index < -0.39 is 0 Å². The molecule has 3 nitrogen and oxygen atoms in total. The van der Waals surface area contributed by atoms with Crippen molar-refractivity contribution in [3.63, 3.8) is 0 Å². The number of allylic oxidation sites excluding steroid dienone is 1. The lowest BCUT2D eigenvalue weighted by Gasteiger charge is -2.15. The monoisotopic (exact) mass is 239 g/mol. The van der Waals surface area contributed by atoms with Gasteiger partial charge >= 0.3 is 0 Å². The fraction of sp³-hybridized carbons (Fsp3) is 0.667. The second-order valence-electron chi connectivity index (χ2n) is 3.81. The Hall–Kier alpha value is -0.740. The van der Waals surface area contributed by atoms with Crippen LogP contribution in [0.5, 0.6) is 0 Å². The zero-order valence-corrected chi connectivity index (χ0v) is 11.0. The minimum atomic E-state index is 0.393. The Kier molecular flexibility index (Phi) is 6.26. The first kappa shape index (κ1) is 13.3. The molecule has 0 bridgehead atoms. The molecule has 0 fully saturated rings. The molecular formula is C12H21N3S. The lowest BCUT2D eigenvalue weighted by molar-refractivity contribution is 0.522. The first-order valence-corrected chi connectivity index (χ1v) is 6.76. The van der Waals surface area contributed by atoms with Crippen LogP contribution in [0.2, 0.25) is 0 Å². The summed E-state index contributed by atoms with van der Waals surface area (Å²) in [6.45, 7) is 9.06. The third-order valence-electron chi connectivity index (χ3n) is 2.50. The highest BCUT2D eigenvalue weighted by Crippen LogP contribution is 2.25. The molecule has 1 N–H and O–H groups in total. The van der Waals surface area contributed by atoms with E-state index in [4.69, 9.17) is 0 Å². The minimum Gasteiger partial charge on any atom is -0.309 e. The Morgan fingerprint density at radius 1 is 1.50 bits per heavy atom. The molecule has 1 rings (SSSR count). The molecule has 1 unspecified atom stereocenters. The zero-order valence-electron chi connectivity index (χ0n) is 10.2. The molecule has 1 heterocycles. The van der Waals surface area contributed by atoms with Crippen LogP contribution in [0.3, 0.4) is 0 Å². The molecule has 90 valence electrons. The molecule has 0 aliphatic heterocycles. The lowest BCUT2D eigenvalue weighted by Crippen LogP contribution is -2.21. The smallest absolute Gasteiger partial charge is 0.0803 e. The molecule has 1 atom stereocenters. The molecule has 0 spiro atoms. The number of aromatic nitrogens is 2.